The van der Waals surface area contributed by atoms with Crippen LogP contribution in [-0.4, -0.2) is 4.57 Å². The van der Waals surface area contributed by atoms with Crippen LogP contribution in [0.15, 0.2) is 247 Å². The molecular formula is C63H45NO. The van der Waals surface area contributed by atoms with Gasteiger partial charge in [-0.2, -0.15) is 0 Å². The van der Waals surface area contributed by atoms with Gasteiger partial charge in [-0.15, -0.1) is 0 Å². The fourth-order valence-electron chi connectivity index (χ4n) is 9.92. The van der Waals surface area contributed by atoms with Crippen LogP contribution < -0.4 is 0 Å². The van der Waals surface area contributed by atoms with Crippen molar-refractivity contribution in [2.45, 2.75) is 18.8 Å². The zero-order valence-electron chi connectivity index (χ0n) is 35.9. The minimum Gasteiger partial charge on any atom is -0.456 e. The van der Waals surface area contributed by atoms with Crippen molar-refractivity contribution in [2.75, 3.05) is 0 Å². The topological polar surface area (TPSA) is 18.1 Å². The zero-order valence-corrected chi connectivity index (χ0v) is 35.9. The monoisotopic (exact) mass is 831 g/mol. The molecule has 2 heterocycles. The van der Waals surface area contributed by atoms with Crippen LogP contribution in [0.2, 0.25) is 0 Å². The molecule has 12 rings (SSSR count). The molecular weight excluding hydrogens is 787 g/mol. The van der Waals surface area contributed by atoms with E-state index >= 15 is 0 Å². The van der Waals surface area contributed by atoms with E-state index in [1.165, 1.54) is 88.7 Å². The first kappa shape index (κ1) is 38.5. The van der Waals surface area contributed by atoms with Gasteiger partial charge < -0.3 is 8.98 Å². The highest BCUT2D eigenvalue weighted by molar-refractivity contribution is 6.10. The molecule has 0 fully saturated rings. The second kappa shape index (κ2) is 16.5. The van der Waals surface area contributed by atoms with E-state index in [1.807, 2.05) is 0 Å². The molecule has 1 unspecified atom stereocenters. The van der Waals surface area contributed by atoms with Gasteiger partial charge in [-0.25, -0.2) is 0 Å². The highest BCUT2D eigenvalue weighted by atomic mass is 16.3. The Morgan fingerprint density at radius 2 is 0.769 bits per heavy atom. The highest BCUT2D eigenvalue weighted by Crippen LogP contribution is 2.39. The van der Waals surface area contributed by atoms with Gasteiger partial charge in [0.15, 0.2) is 0 Å². The molecule has 2 heteroatoms. The van der Waals surface area contributed by atoms with Crippen LogP contribution in [0.3, 0.4) is 0 Å². The summed E-state index contributed by atoms with van der Waals surface area (Å²) in [6.07, 6.45) is 1.91. The minimum atomic E-state index is 0.181. The Labute approximate surface area is 379 Å². The van der Waals surface area contributed by atoms with Crippen molar-refractivity contribution in [3.8, 4) is 50.2 Å². The molecule has 2 aromatic heterocycles. The third-order valence-corrected chi connectivity index (χ3v) is 13.3. The molecule has 0 aliphatic rings. The lowest BCUT2D eigenvalue weighted by molar-refractivity contribution is 0.668. The maximum absolute atomic E-state index is 6.43. The highest BCUT2D eigenvalue weighted by Gasteiger charge is 2.19. The van der Waals surface area contributed by atoms with Crippen molar-refractivity contribution in [3.63, 3.8) is 0 Å². The smallest absolute Gasteiger partial charge is 0.135 e. The Hall–Kier alpha value is -8.20. The average molecular weight is 832 g/mol. The van der Waals surface area contributed by atoms with Crippen LogP contribution in [0, 0.1) is 0 Å². The molecule has 65 heavy (non-hydrogen) atoms. The number of furan rings is 1. The summed E-state index contributed by atoms with van der Waals surface area (Å²) in [5.41, 5.74) is 19.1. The molecule has 0 aliphatic carbocycles. The number of fused-ring (bicyclic) bond motifs is 6. The lowest BCUT2D eigenvalue weighted by Gasteiger charge is -2.19. The van der Waals surface area contributed by atoms with Gasteiger partial charge in [0.1, 0.15) is 11.2 Å². The summed E-state index contributed by atoms with van der Waals surface area (Å²) >= 11 is 0. The van der Waals surface area contributed by atoms with Gasteiger partial charge in [-0.05, 0) is 129 Å². The third kappa shape index (κ3) is 7.29. The van der Waals surface area contributed by atoms with E-state index in [0.717, 1.165) is 34.8 Å². The molecule has 0 spiro atoms. The molecule has 1 atom stereocenters. The Bertz CT molecular complexity index is 3600. The lowest BCUT2D eigenvalue weighted by atomic mass is 9.85. The number of hydrogen-bond acceptors (Lipinski definition) is 1. The number of nitrogens with zero attached hydrogens (tertiary/aromatic N) is 1. The number of aromatic nitrogens is 1. The zero-order chi connectivity index (χ0) is 43.1. The molecule has 10 aromatic carbocycles. The fourth-order valence-corrected chi connectivity index (χ4v) is 9.92. The van der Waals surface area contributed by atoms with Gasteiger partial charge in [-0.1, -0.05) is 188 Å². The summed E-state index contributed by atoms with van der Waals surface area (Å²) in [7, 11) is 0. The van der Waals surface area contributed by atoms with Crippen molar-refractivity contribution >= 4 is 43.7 Å². The number of rotatable bonds is 10. The van der Waals surface area contributed by atoms with Gasteiger partial charge in [0.25, 0.3) is 0 Å². The van der Waals surface area contributed by atoms with E-state index in [1.54, 1.807) is 0 Å². The van der Waals surface area contributed by atoms with Crippen LogP contribution in [0.4, 0.5) is 0 Å². The molecule has 0 bridgehead atoms. The quantitative estimate of drug-likeness (QED) is 0.134. The van der Waals surface area contributed by atoms with Crippen molar-refractivity contribution in [1.29, 1.82) is 0 Å². The number of para-hydroxylation sites is 2. The Morgan fingerprint density at radius 1 is 0.323 bits per heavy atom. The standard InChI is InChI=1S/C63H45NO/c1-4-12-44(13-5-1)46-25-27-47(28-26-46)48-29-31-50(32-30-48)55(53-35-39-63-59(42-53)58-41-52(34-38-62(58)65-63)45-14-6-2-7-15-45)36-22-43-20-23-49(24-21-43)51-33-37-61-57(40-51)56-18-10-11-19-60(56)64(61)54-16-8-3-9-17-54/h1-21,23-35,37-42,55H,22,36H2. The molecule has 2 nitrogen and oxygen atoms in total. The van der Waals surface area contributed by atoms with Gasteiger partial charge >= 0.3 is 0 Å². The number of benzene rings is 10. The van der Waals surface area contributed by atoms with Crippen molar-refractivity contribution < 1.29 is 4.42 Å². The van der Waals surface area contributed by atoms with E-state index < -0.39 is 0 Å². The average Bonchev–Trinajstić information content (AvgIpc) is 3.92. The van der Waals surface area contributed by atoms with Gasteiger partial charge in [-0.3, -0.25) is 0 Å². The van der Waals surface area contributed by atoms with E-state index in [2.05, 4.69) is 247 Å². The molecule has 0 amide bonds. The predicted molar refractivity (Wildman–Crippen MR) is 273 cm³/mol. The molecule has 308 valence electrons. The second-order valence-corrected chi connectivity index (χ2v) is 17.2. The van der Waals surface area contributed by atoms with Crippen LogP contribution in [0.1, 0.15) is 29.0 Å². The largest absolute Gasteiger partial charge is 0.456 e. The van der Waals surface area contributed by atoms with Gasteiger partial charge in [0.2, 0.25) is 0 Å². The number of hydrogen-bond donors (Lipinski definition) is 0. The summed E-state index contributed by atoms with van der Waals surface area (Å²) in [6.45, 7) is 0. The Balaban J connectivity index is 0.864. The van der Waals surface area contributed by atoms with Crippen molar-refractivity contribution in [2.24, 2.45) is 0 Å². The van der Waals surface area contributed by atoms with Crippen LogP contribution in [0.5, 0.6) is 0 Å². The minimum absolute atomic E-state index is 0.181. The Morgan fingerprint density at radius 3 is 1.45 bits per heavy atom. The van der Waals surface area contributed by atoms with Crippen molar-refractivity contribution in [1.82, 2.24) is 4.57 Å². The number of aryl methyl sites for hydroxylation is 1. The molecule has 0 saturated heterocycles. The molecule has 0 N–H and O–H groups in total. The normalized spacial score (nSPS) is 12.1. The van der Waals surface area contributed by atoms with E-state index in [-0.39, 0.29) is 5.92 Å². The van der Waals surface area contributed by atoms with Gasteiger partial charge in [0.05, 0.1) is 11.0 Å². The van der Waals surface area contributed by atoms with Crippen LogP contribution >= 0.6 is 0 Å². The first-order chi connectivity index (χ1) is 32.2. The van der Waals surface area contributed by atoms with E-state index in [9.17, 15) is 0 Å². The van der Waals surface area contributed by atoms with Crippen molar-refractivity contribution in [3.05, 3.63) is 259 Å². The Kier molecular flexibility index (Phi) is 9.76. The second-order valence-electron chi connectivity index (χ2n) is 17.2. The first-order valence-electron chi connectivity index (χ1n) is 22.7. The summed E-state index contributed by atoms with van der Waals surface area (Å²) in [6, 6.07) is 88.3. The summed E-state index contributed by atoms with van der Waals surface area (Å²) < 4.78 is 8.80. The van der Waals surface area contributed by atoms with E-state index in [0.29, 0.717) is 0 Å². The van der Waals surface area contributed by atoms with E-state index in [4.69, 9.17) is 4.42 Å². The maximum atomic E-state index is 6.43. The van der Waals surface area contributed by atoms with Crippen LogP contribution in [-0.2, 0) is 6.42 Å². The third-order valence-electron chi connectivity index (χ3n) is 13.3. The van der Waals surface area contributed by atoms with Gasteiger partial charge in [0, 0.05) is 33.2 Å². The summed E-state index contributed by atoms with van der Waals surface area (Å²) in [5.74, 6) is 0.181. The summed E-state index contributed by atoms with van der Waals surface area (Å²) in [5, 5.41) is 4.84. The molecule has 12 aromatic rings. The fraction of sp³-hybridized carbons (Fsp3) is 0.0476. The molecule has 0 radical (unpaired) electrons. The SMILES string of the molecule is c1ccc(-c2ccc(-c3ccc(C(CCc4ccc(-c5ccc6c(c5)c5ccccc5n6-c5ccccc5)cc4)c4ccc5oc6ccc(-c7ccccc7)cc6c5c4)cc3)cc2)cc1. The first-order valence-corrected chi connectivity index (χ1v) is 22.7. The maximum Gasteiger partial charge on any atom is 0.135 e. The summed E-state index contributed by atoms with van der Waals surface area (Å²) in [4.78, 5) is 0. The van der Waals surface area contributed by atoms with Crippen LogP contribution in [0.25, 0.3) is 93.9 Å². The molecule has 0 saturated carbocycles. The predicted octanol–water partition coefficient (Wildman–Crippen LogP) is 17.1. The molecule has 0 aliphatic heterocycles. The lowest BCUT2D eigenvalue weighted by Crippen LogP contribution is -2.03.